The highest BCUT2D eigenvalue weighted by Crippen LogP contribution is 2.24. The monoisotopic (exact) mass is 279 g/mol. The van der Waals surface area contributed by atoms with Gasteiger partial charge in [0.15, 0.2) is 0 Å². The fraction of sp³-hybridized carbons (Fsp3) is 0.176. The average molecular weight is 279 g/mol. The highest BCUT2D eigenvalue weighted by Gasteiger charge is 2.06. The lowest BCUT2D eigenvalue weighted by atomic mass is 10.2. The van der Waals surface area contributed by atoms with Gasteiger partial charge in [0.05, 0.1) is 0 Å². The molecule has 2 aromatic heterocycles. The van der Waals surface area contributed by atoms with Crippen LogP contribution >= 0.6 is 0 Å². The molecule has 0 fully saturated rings. The number of pyridine rings is 2. The smallest absolute Gasteiger partial charge is 0.146 e. The molecule has 21 heavy (non-hydrogen) atoms. The fourth-order valence-corrected chi connectivity index (χ4v) is 2.23. The summed E-state index contributed by atoms with van der Waals surface area (Å²) >= 11 is 0. The van der Waals surface area contributed by atoms with E-state index in [1.54, 1.807) is 12.4 Å². The van der Waals surface area contributed by atoms with Crippen molar-refractivity contribution >= 4 is 16.7 Å². The third-order valence-electron chi connectivity index (χ3n) is 3.21. The summed E-state index contributed by atoms with van der Waals surface area (Å²) in [6.45, 7) is 3.35. The van der Waals surface area contributed by atoms with Crippen LogP contribution in [0.4, 0.5) is 5.82 Å². The van der Waals surface area contributed by atoms with Crippen molar-refractivity contribution < 1.29 is 4.74 Å². The molecule has 0 spiro atoms. The first kappa shape index (κ1) is 13.4. The molecule has 106 valence electrons. The van der Waals surface area contributed by atoms with Crippen molar-refractivity contribution in [1.29, 1.82) is 0 Å². The van der Waals surface area contributed by atoms with Gasteiger partial charge in [0.1, 0.15) is 23.7 Å². The predicted octanol–water partition coefficient (Wildman–Crippen LogP) is 3.64. The summed E-state index contributed by atoms with van der Waals surface area (Å²) < 4.78 is 5.95. The Morgan fingerprint density at radius 2 is 1.81 bits per heavy atom. The largest absolute Gasteiger partial charge is 0.486 e. The summed E-state index contributed by atoms with van der Waals surface area (Å²) in [6.07, 6.45) is 3.56. The molecule has 0 aliphatic carbocycles. The molecule has 0 saturated carbocycles. The van der Waals surface area contributed by atoms with E-state index in [4.69, 9.17) is 4.74 Å². The van der Waals surface area contributed by atoms with Gasteiger partial charge < -0.3 is 10.1 Å². The van der Waals surface area contributed by atoms with Crippen LogP contribution < -0.4 is 10.1 Å². The van der Waals surface area contributed by atoms with E-state index in [-0.39, 0.29) is 0 Å². The number of nitrogens with zero attached hydrogens (tertiary/aromatic N) is 2. The van der Waals surface area contributed by atoms with Crippen LogP contribution in [0.1, 0.15) is 12.5 Å². The molecule has 2 heterocycles. The Bertz CT molecular complexity index is 737. The van der Waals surface area contributed by atoms with Gasteiger partial charge in [0.2, 0.25) is 0 Å². The summed E-state index contributed by atoms with van der Waals surface area (Å²) in [4.78, 5) is 8.73. The number of benzene rings is 1. The average Bonchev–Trinajstić information content (AvgIpc) is 2.54. The number of para-hydroxylation sites is 1. The fourth-order valence-electron chi connectivity index (χ4n) is 2.23. The summed E-state index contributed by atoms with van der Waals surface area (Å²) in [5, 5.41) is 4.32. The molecule has 0 saturated heterocycles. The summed E-state index contributed by atoms with van der Waals surface area (Å²) in [5.41, 5.74) is 1.92. The maximum Gasteiger partial charge on any atom is 0.146 e. The zero-order valence-corrected chi connectivity index (χ0v) is 11.9. The zero-order valence-electron chi connectivity index (χ0n) is 11.9. The van der Waals surface area contributed by atoms with E-state index in [2.05, 4.69) is 15.3 Å². The molecule has 0 bridgehead atoms. The topological polar surface area (TPSA) is 47.0 Å². The van der Waals surface area contributed by atoms with E-state index in [0.29, 0.717) is 6.61 Å². The number of ether oxygens (including phenoxy) is 1. The molecule has 1 aromatic carbocycles. The minimum Gasteiger partial charge on any atom is -0.486 e. The molecule has 0 atom stereocenters. The first-order chi connectivity index (χ1) is 10.4. The molecule has 0 aliphatic rings. The van der Waals surface area contributed by atoms with Crippen molar-refractivity contribution in [2.75, 3.05) is 11.9 Å². The van der Waals surface area contributed by atoms with Crippen LogP contribution in [0.15, 0.2) is 54.9 Å². The molecule has 0 aliphatic heterocycles. The van der Waals surface area contributed by atoms with E-state index < -0.39 is 0 Å². The Kier molecular flexibility index (Phi) is 3.96. The van der Waals surface area contributed by atoms with E-state index in [1.165, 1.54) is 0 Å². The molecular weight excluding hydrogens is 262 g/mol. The molecule has 4 nitrogen and oxygen atoms in total. The number of nitrogens with one attached hydrogen (secondary N) is 1. The standard InChI is InChI=1S/C17H17N3O/c1-2-18-17-14(8-5-11-20-17)12-21-15-9-3-6-13-7-4-10-19-16(13)15/h3-11H,2,12H2,1H3,(H,18,20). The van der Waals surface area contributed by atoms with Gasteiger partial charge in [-0.15, -0.1) is 0 Å². The van der Waals surface area contributed by atoms with Gasteiger partial charge in [-0.25, -0.2) is 4.98 Å². The molecule has 1 N–H and O–H groups in total. The maximum absolute atomic E-state index is 5.95. The Hall–Kier alpha value is -2.62. The Morgan fingerprint density at radius 1 is 1.00 bits per heavy atom. The van der Waals surface area contributed by atoms with Crippen LogP contribution in [0, 0.1) is 0 Å². The van der Waals surface area contributed by atoms with Crippen LogP contribution in [-0.4, -0.2) is 16.5 Å². The van der Waals surface area contributed by atoms with E-state index in [0.717, 1.165) is 34.6 Å². The SMILES string of the molecule is CCNc1ncccc1COc1cccc2cccnc12. The lowest BCUT2D eigenvalue weighted by Crippen LogP contribution is -2.05. The second kappa shape index (κ2) is 6.22. The lowest BCUT2D eigenvalue weighted by Gasteiger charge is -2.12. The Balaban J connectivity index is 1.84. The van der Waals surface area contributed by atoms with Crippen LogP contribution in [0.3, 0.4) is 0 Å². The van der Waals surface area contributed by atoms with Crippen molar-refractivity contribution in [3.8, 4) is 5.75 Å². The lowest BCUT2D eigenvalue weighted by molar-refractivity contribution is 0.309. The van der Waals surface area contributed by atoms with Gasteiger partial charge in [-0.05, 0) is 25.1 Å². The molecular formula is C17H17N3O. The molecule has 4 heteroatoms. The summed E-state index contributed by atoms with van der Waals surface area (Å²) in [6, 6.07) is 13.8. The molecule has 3 rings (SSSR count). The second-order valence-electron chi connectivity index (χ2n) is 4.66. The van der Waals surface area contributed by atoms with Crippen molar-refractivity contribution in [3.63, 3.8) is 0 Å². The van der Waals surface area contributed by atoms with Crippen molar-refractivity contribution in [2.24, 2.45) is 0 Å². The van der Waals surface area contributed by atoms with Crippen molar-refractivity contribution in [2.45, 2.75) is 13.5 Å². The normalized spacial score (nSPS) is 10.5. The minimum atomic E-state index is 0.464. The third kappa shape index (κ3) is 2.94. The first-order valence-corrected chi connectivity index (χ1v) is 7.03. The number of hydrogen-bond acceptors (Lipinski definition) is 4. The van der Waals surface area contributed by atoms with Crippen LogP contribution in [-0.2, 0) is 6.61 Å². The Labute approximate surface area is 123 Å². The van der Waals surface area contributed by atoms with Gasteiger partial charge >= 0.3 is 0 Å². The summed E-state index contributed by atoms with van der Waals surface area (Å²) in [7, 11) is 0. The van der Waals surface area contributed by atoms with Gasteiger partial charge in [0, 0.05) is 29.9 Å². The highest BCUT2D eigenvalue weighted by molar-refractivity contribution is 5.84. The molecule has 3 aromatic rings. The highest BCUT2D eigenvalue weighted by atomic mass is 16.5. The van der Waals surface area contributed by atoms with Crippen LogP contribution in [0.5, 0.6) is 5.75 Å². The number of rotatable bonds is 5. The van der Waals surface area contributed by atoms with Gasteiger partial charge in [-0.3, -0.25) is 4.98 Å². The Morgan fingerprint density at radius 3 is 2.71 bits per heavy atom. The van der Waals surface area contributed by atoms with Crippen molar-refractivity contribution in [1.82, 2.24) is 9.97 Å². The van der Waals surface area contributed by atoms with Gasteiger partial charge in [-0.2, -0.15) is 0 Å². The van der Waals surface area contributed by atoms with E-state index >= 15 is 0 Å². The third-order valence-corrected chi connectivity index (χ3v) is 3.21. The van der Waals surface area contributed by atoms with E-state index in [1.807, 2.05) is 49.4 Å². The minimum absolute atomic E-state index is 0.464. The molecule has 0 amide bonds. The van der Waals surface area contributed by atoms with E-state index in [9.17, 15) is 0 Å². The second-order valence-corrected chi connectivity index (χ2v) is 4.66. The summed E-state index contributed by atoms with van der Waals surface area (Å²) in [5.74, 6) is 1.66. The number of hydrogen-bond donors (Lipinski definition) is 1. The number of aromatic nitrogens is 2. The number of fused-ring (bicyclic) bond motifs is 1. The van der Waals surface area contributed by atoms with Gasteiger partial charge in [0.25, 0.3) is 0 Å². The zero-order chi connectivity index (χ0) is 14.5. The van der Waals surface area contributed by atoms with Crippen LogP contribution in [0.25, 0.3) is 10.9 Å². The number of anilines is 1. The van der Waals surface area contributed by atoms with Crippen LogP contribution in [0.2, 0.25) is 0 Å². The molecule has 0 unspecified atom stereocenters. The predicted molar refractivity (Wildman–Crippen MR) is 84.5 cm³/mol. The first-order valence-electron chi connectivity index (χ1n) is 7.03. The molecule has 0 radical (unpaired) electrons. The quantitative estimate of drug-likeness (QED) is 0.774. The maximum atomic E-state index is 5.95. The van der Waals surface area contributed by atoms with Crippen molar-refractivity contribution in [3.05, 3.63) is 60.4 Å². The van der Waals surface area contributed by atoms with Gasteiger partial charge in [-0.1, -0.05) is 24.3 Å².